The molecule has 0 bridgehead atoms. The van der Waals surface area contributed by atoms with Crippen molar-refractivity contribution in [3.8, 4) is 5.75 Å². The summed E-state index contributed by atoms with van der Waals surface area (Å²) in [5.41, 5.74) is 6.03. The Kier molecular flexibility index (Phi) is 5.99. The molecule has 116 valence electrons. The van der Waals surface area contributed by atoms with Crippen LogP contribution in [0.5, 0.6) is 5.75 Å². The van der Waals surface area contributed by atoms with E-state index >= 15 is 0 Å². The van der Waals surface area contributed by atoms with Gasteiger partial charge in [-0.15, -0.1) is 0 Å². The molecule has 0 aromatic heterocycles. The highest BCUT2D eigenvalue weighted by atomic mass is 35.5. The summed E-state index contributed by atoms with van der Waals surface area (Å²) in [6, 6.07) is 1.93. The summed E-state index contributed by atoms with van der Waals surface area (Å²) in [4.78, 5) is 23.1. The lowest BCUT2D eigenvalue weighted by atomic mass is 9.99. The number of nitrogens with two attached hydrogens (primary N) is 1. The number of rotatable bonds is 6. The fourth-order valence-corrected chi connectivity index (χ4v) is 1.92. The Hall–Kier alpha value is -1.79. The van der Waals surface area contributed by atoms with Gasteiger partial charge in [-0.1, -0.05) is 31.9 Å². The number of nitrogens with one attached hydrogen (secondary N) is 1. The van der Waals surface area contributed by atoms with E-state index in [2.05, 4.69) is 5.32 Å². The van der Waals surface area contributed by atoms with E-state index in [0.29, 0.717) is 0 Å². The van der Waals surface area contributed by atoms with Crippen molar-refractivity contribution >= 4 is 29.2 Å². The molecule has 1 rings (SSSR count). The van der Waals surface area contributed by atoms with E-state index in [9.17, 15) is 9.59 Å². The van der Waals surface area contributed by atoms with Gasteiger partial charge in [0.25, 0.3) is 0 Å². The van der Waals surface area contributed by atoms with Gasteiger partial charge in [0.2, 0.25) is 5.91 Å². The van der Waals surface area contributed by atoms with Crippen molar-refractivity contribution in [3.63, 3.8) is 0 Å². The number of ether oxygens (including phenoxy) is 1. The topological polar surface area (TPSA) is 102 Å². The lowest BCUT2D eigenvalue weighted by Crippen LogP contribution is -2.40. The molecule has 1 aromatic carbocycles. The predicted molar refractivity (Wildman–Crippen MR) is 81.0 cm³/mol. The van der Waals surface area contributed by atoms with Crippen LogP contribution < -0.4 is 15.8 Å². The van der Waals surface area contributed by atoms with E-state index in [4.69, 9.17) is 27.2 Å². The molecule has 2 atom stereocenters. The molecule has 7 heteroatoms. The third-order valence-corrected chi connectivity index (χ3v) is 3.65. The molecule has 0 aliphatic carbocycles. The maximum absolute atomic E-state index is 12.0. The van der Waals surface area contributed by atoms with Gasteiger partial charge >= 0.3 is 5.97 Å². The average Bonchev–Trinajstić information content (AvgIpc) is 2.46. The molecule has 0 saturated heterocycles. The molecule has 0 aliphatic heterocycles. The smallest absolute Gasteiger partial charge is 0.339 e. The summed E-state index contributed by atoms with van der Waals surface area (Å²) in [6.07, 6.45) is 0.767. The summed E-state index contributed by atoms with van der Waals surface area (Å²) in [5, 5.41) is 11.7. The van der Waals surface area contributed by atoms with Crippen LogP contribution >= 0.6 is 11.6 Å². The molecule has 21 heavy (non-hydrogen) atoms. The Morgan fingerprint density at radius 3 is 2.57 bits per heavy atom. The van der Waals surface area contributed by atoms with Crippen LogP contribution in [0.2, 0.25) is 5.02 Å². The molecule has 1 aromatic rings. The molecular weight excluding hydrogens is 296 g/mol. The molecule has 0 radical (unpaired) electrons. The van der Waals surface area contributed by atoms with Crippen LogP contribution in [0.4, 0.5) is 5.69 Å². The van der Waals surface area contributed by atoms with Crippen LogP contribution in [0.3, 0.4) is 0 Å². The summed E-state index contributed by atoms with van der Waals surface area (Å²) >= 11 is 5.99. The highest BCUT2D eigenvalue weighted by molar-refractivity contribution is 6.34. The number of carbonyl (C=O) groups excluding carboxylic acids is 1. The number of benzene rings is 1. The number of amides is 1. The van der Waals surface area contributed by atoms with Crippen LogP contribution in [0, 0.1) is 5.92 Å². The zero-order valence-electron chi connectivity index (χ0n) is 12.1. The fraction of sp³-hybridized carbons (Fsp3) is 0.429. The number of methoxy groups -OCH3 is 1. The molecule has 0 fully saturated rings. The summed E-state index contributed by atoms with van der Waals surface area (Å²) < 4.78 is 4.99. The number of carbonyl (C=O) groups is 2. The van der Waals surface area contributed by atoms with Gasteiger partial charge in [0.05, 0.1) is 23.9 Å². The predicted octanol–water partition coefficient (Wildman–Crippen LogP) is 2.36. The molecule has 0 saturated carbocycles. The maximum Gasteiger partial charge on any atom is 0.339 e. The quantitative estimate of drug-likeness (QED) is 0.748. The Labute approximate surface area is 128 Å². The van der Waals surface area contributed by atoms with Crippen molar-refractivity contribution in [1.29, 1.82) is 0 Å². The van der Waals surface area contributed by atoms with Gasteiger partial charge in [0, 0.05) is 6.07 Å². The molecule has 0 unspecified atom stereocenters. The molecule has 0 heterocycles. The van der Waals surface area contributed by atoms with E-state index in [0.717, 1.165) is 6.42 Å². The molecule has 1 amide bonds. The van der Waals surface area contributed by atoms with Gasteiger partial charge in [0.15, 0.2) is 0 Å². The van der Waals surface area contributed by atoms with Crippen LogP contribution in [0.1, 0.15) is 30.6 Å². The first-order chi connectivity index (χ1) is 9.81. The molecule has 6 nitrogen and oxygen atoms in total. The lowest BCUT2D eigenvalue weighted by Gasteiger charge is -2.18. The van der Waals surface area contributed by atoms with E-state index in [1.807, 2.05) is 13.8 Å². The summed E-state index contributed by atoms with van der Waals surface area (Å²) in [5.74, 6) is -1.41. The highest BCUT2D eigenvalue weighted by Crippen LogP contribution is 2.31. The monoisotopic (exact) mass is 314 g/mol. The lowest BCUT2D eigenvalue weighted by molar-refractivity contribution is -0.118. The van der Waals surface area contributed by atoms with Crippen molar-refractivity contribution < 1.29 is 19.4 Å². The molecule has 0 aliphatic rings. The normalized spacial score (nSPS) is 13.4. The van der Waals surface area contributed by atoms with Gasteiger partial charge < -0.3 is 20.9 Å². The zero-order valence-corrected chi connectivity index (χ0v) is 12.9. The summed E-state index contributed by atoms with van der Waals surface area (Å²) in [6.45, 7) is 3.81. The first-order valence-corrected chi connectivity index (χ1v) is 6.86. The molecular formula is C14H19ClN2O4. The minimum atomic E-state index is -1.16. The van der Waals surface area contributed by atoms with Crippen molar-refractivity contribution in [2.24, 2.45) is 11.7 Å². The second-order valence-corrected chi connectivity index (χ2v) is 5.15. The van der Waals surface area contributed by atoms with Crippen LogP contribution in [0.25, 0.3) is 0 Å². The highest BCUT2D eigenvalue weighted by Gasteiger charge is 2.22. The van der Waals surface area contributed by atoms with Crippen molar-refractivity contribution in [2.75, 3.05) is 12.4 Å². The number of anilines is 1. The van der Waals surface area contributed by atoms with Crippen LogP contribution in [-0.4, -0.2) is 30.1 Å². The van der Waals surface area contributed by atoms with E-state index in [1.165, 1.54) is 19.2 Å². The standard InChI is InChI=1S/C14H19ClN2O4/c1-4-7(2)12(16)13(18)17-10-6-11(21-3)8(14(19)20)5-9(10)15/h5-7,12H,4,16H2,1-3H3,(H,17,18)(H,19,20)/t7-,12-/m0/s1. The van der Waals surface area contributed by atoms with Crippen molar-refractivity contribution in [3.05, 3.63) is 22.7 Å². The Morgan fingerprint density at radius 1 is 1.48 bits per heavy atom. The van der Waals surface area contributed by atoms with Gasteiger partial charge in [-0.2, -0.15) is 0 Å². The second kappa shape index (κ2) is 7.28. The van der Waals surface area contributed by atoms with E-state index in [1.54, 1.807) is 0 Å². The Bertz CT molecular complexity index is 548. The Morgan fingerprint density at radius 2 is 2.10 bits per heavy atom. The number of carboxylic acids is 1. The SMILES string of the molecule is CC[C@H](C)[C@H](N)C(=O)Nc1cc(OC)c(C(=O)O)cc1Cl. The second-order valence-electron chi connectivity index (χ2n) is 4.74. The number of aromatic carboxylic acids is 1. The number of carboxylic acid groups (broad SMARTS) is 1. The summed E-state index contributed by atoms with van der Waals surface area (Å²) in [7, 11) is 1.34. The maximum atomic E-state index is 12.0. The van der Waals surface area contributed by atoms with Gasteiger partial charge in [0.1, 0.15) is 11.3 Å². The van der Waals surface area contributed by atoms with E-state index < -0.39 is 12.0 Å². The number of hydrogen-bond acceptors (Lipinski definition) is 4. The first-order valence-electron chi connectivity index (χ1n) is 6.49. The van der Waals surface area contributed by atoms with Crippen molar-refractivity contribution in [2.45, 2.75) is 26.3 Å². The molecule has 4 N–H and O–H groups in total. The largest absolute Gasteiger partial charge is 0.496 e. The Balaban J connectivity index is 3.04. The van der Waals surface area contributed by atoms with E-state index in [-0.39, 0.29) is 33.8 Å². The zero-order chi connectivity index (χ0) is 16.2. The van der Waals surface area contributed by atoms with Gasteiger partial charge in [-0.05, 0) is 12.0 Å². The fourth-order valence-electron chi connectivity index (χ4n) is 1.71. The number of halogens is 1. The van der Waals surface area contributed by atoms with Crippen LogP contribution in [0.15, 0.2) is 12.1 Å². The first kappa shape index (κ1) is 17.3. The third kappa shape index (κ3) is 4.09. The third-order valence-electron chi connectivity index (χ3n) is 3.34. The van der Waals surface area contributed by atoms with Gasteiger partial charge in [-0.3, -0.25) is 4.79 Å². The van der Waals surface area contributed by atoms with Crippen LogP contribution in [-0.2, 0) is 4.79 Å². The number of hydrogen-bond donors (Lipinski definition) is 3. The minimum absolute atomic E-state index is 0.0176. The minimum Gasteiger partial charge on any atom is -0.496 e. The van der Waals surface area contributed by atoms with Crippen molar-refractivity contribution in [1.82, 2.24) is 0 Å². The van der Waals surface area contributed by atoms with Gasteiger partial charge in [-0.25, -0.2) is 4.79 Å². The molecule has 0 spiro atoms. The average molecular weight is 315 g/mol.